The van der Waals surface area contributed by atoms with Gasteiger partial charge in [-0.25, -0.2) is 9.97 Å². The second-order valence-corrected chi connectivity index (χ2v) is 6.87. The zero-order valence-corrected chi connectivity index (χ0v) is 14.9. The van der Waals surface area contributed by atoms with Gasteiger partial charge in [-0.3, -0.25) is 4.79 Å². The van der Waals surface area contributed by atoms with E-state index in [1.807, 2.05) is 18.2 Å². The smallest absolute Gasteiger partial charge is 0.251 e. The van der Waals surface area contributed by atoms with Crippen LogP contribution in [0, 0.1) is 5.92 Å². The van der Waals surface area contributed by atoms with Crippen LogP contribution >= 0.6 is 0 Å². The molecular weight excluding hydrogens is 298 g/mol. The van der Waals surface area contributed by atoms with Crippen molar-refractivity contribution in [3.05, 3.63) is 35.2 Å². The van der Waals surface area contributed by atoms with Crippen LogP contribution in [0.1, 0.15) is 68.2 Å². The molecule has 4 heteroatoms. The van der Waals surface area contributed by atoms with Gasteiger partial charge >= 0.3 is 0 Å². The Balaban J connectivity index is 1.85. The first kappa shape index (κ1) is 16.9. The second-order valence-electron chi connectivity index (χ2n) is 6.87. The molecule has 0 unspecified atom stereocenters. The lowest BCUT2D eigenvalue weighted by Gasteiger charge is -2.29. The molecule has 1 heterocycles. The third-order valence-electron chi connectivity index (χ3n) is 5.18. The van der Waals surface area contributed by atoms with Crippen LogP contribution in [0.4, 0.5) is 0 Å². The molecule has 1 aromatic carbocycles. The summed E-state index contributed by atoms with van der Waals surface area (Å²) in [7, 11) is 0. The number of carbonyl (C=O) groups excluding carboxylic acids is 1. The molecule has 0 radical (unpaired) electrons. The van der Waals surface area contributed by atoms with Gasteiger partial charge in [0.1, 0.15) is 0 Å². The van der Waals surface area contributed by atoms with E-state index in [0.717, 1.165) is 41.7 Å². The van der Waals surface area contributed by atoms with Gasteiger partial charge in [-0.15, -0.1) is 0 Å². The van der Waals surface area contributed by atoms with Crippen molar-refractivity contribution < 1.29 is 4.79 Å². The molecule has 4 nitrogen and oxygen atoms in total. The summed E-state index contributed by atoms with van der Waals surface area (Å²) in [5.41, 5.74) is 4.45. The standard InChI is InChI=1S/C20H27N3O/c1-4-15-16(5-2)22-19-12-14(10-11-18(19)21-15)20(24)23-17-9-7-6-8-13(17)3/h10-13,17H,4-9H2,1-3H3,(H,23,24)/t13-,17+/m0/s1. The molecule has 0 bridgehead atoms. The predicted molar refractivity (Wildman–Crippen MR) is 97.2 cm³/mol. The summed E-state index contributed by atoms with van der Waals surface area (Å²) >= 11 is 0. The summed E-state index contributed by atoms with van der Waals surface area (Å²) in [6, 6.07) is 5.95. The highest BCUT2D eigenvalue weighted by Gasteiger charge is 2.23. The Morgan fingerprint density at radius 2 is 1.75 bits per heavy atom. The van der Waals surface area contributed by atoms with Crippen molar-refractivity contribution in [2.75, 3.05) is 0 Å². The van der Waals surface area contributed by atoms with Crippen LogP contribution in [-0.4, -0.2) is 21.9 Å². The average molecular weight is 325 g/mol. The maximum absolute atomic E-state index is 12.6. The first-order valence-corrected chi connectivity index (χ1v) is 9.22. The van der Waals surface area contributed by atoms with Gasteiger partial charge in [-0.05, 0) is 49.8 Å². The molecule has 0 saturated heterocycles. The molecule has 24 heavy (non-hydrogen) atoms. The number of fused-ring (bicyclic) bond motifs is 1. The van der Waals surface area contributed by atoms with E-state index >= 15 is 0 Å². The van der Waals surface area contributed by atoms with Gasteiger partial charge in [-0.2, -0.15) is 0 Å². The number of benzene rings is 1. The quantitative estimate of drug-likeness (QED) is 0.922. The summed E-state index contributed by atoms with van der Waals surface area (Å²) in [4.78, 5) is 22.0. The Kier molecular flexibility index (Phi) is 5.12. The topological polar surface area (TPSA) is 54.9 Å². The minimum atomic E-state index is 0.00932. The number of aromatic nitrogens is 2. The van der Waals surface area contributed by atoms with E-state index in [1.165, 1.54) is 19.3 Å². The zero-order valence-electron chi connectivity index (χ0n) is 14.9. The SMILES string of the molecule is CCc1nc2ccc(C(=O)N[C@@H]3CCCC[C@@H]3C)cc2nc1CC. The van der Waals surface area contributed by atoms with Gasteiger partial charge in [-0.1, -0.05) is 33.6 Å². The lowest BCUT2D eigenvalue weighted by molar-refractivity contribution is 0.0910. The van der Waals surface area contributed by atoms with E-state index < -0.39 is 0 Å². The lowest BCUT2D eigenvalue weighted by Crippen LogP contribution is -2.41. The monoisotopic (exact) mass is 325 g/mol. The molecule has 1 saturated carbocycles. The van der Waals surface area contributed by atoms with Crippen LogP contribution in [0.3, 0.4) is 0 Å². The van der Waals surface area contributed by atoms with E-state index in [4.69, 9.17) is 9.97 Å². The Morgan fingerprint density at radius 1 is 1.08 bits per heavy atom. The third-order valence-corrected chi connectivity index (χ3v) is 5.18. The summed E-state index contributed by atoms with van der Waals surface area (Å²) in [5, 5.41) is 3.21. The third kappa shape index (κ3) is 3.42. The highest BCUT2D eigenvalue weighted by molar-refractivity contribution is 5.97. The number of amides is 1. The number of nitrogens with zero attached hydrogens (tertiary/aromatic N) is 2. The number of aryl methyl sites for hydroxylation is 2. The van der Waals surface area contributed by atoms with Crippen LogP contribution < -0.4 is 5.32 Å². The Bertz CT molecular complexity index is 741. The van der Waals surface area contributed by atoms with E-state index in [9.17, 15) is 4.79 Å². The predicted octanol–water partition coefficient (Wildman–Crippen LogP) is 4.06. The minimum absolute atomic E-state index is 0.00932. The van der Waals surface area contributed by atoms with Crippen LogP contribution in [0.15, 0.2) is 18.2 Å². The first-order chi connectivity index (χ1) is 11.6. The summed E-state index contributed by atoms with van der Waals surface area (Å²) < 4.78 is 0. The Morgan fingerprint density at radius 3 is 2.42 bits per heavy atom. The van der Waals surface area contributed by atoms with Crippen molar-refractivity contribution in [2.45, 2.75) is 65.3 Å². The highest BCUT2D eigenvalue weighted by atomic mass is 16.1. The minimum Gasteiger partial charge on any atom is -0.349 e. The molecule has 1 aromatic heterocycles. The van der Waals surface area contributed by atoms with Gasteiger partial charge in [0.25, 0.3) is 5.91 Å². The average Bonchev–Trinajstić information content (AvgIpc) is 2.61. The Hall–Kier alpha value is -1.97. The molecule has 2 aromatic rings. The zero-order chi connectivity index (χ0) is 17.1. The maximum atomic E-state index is 12.6. The van der Waals surface area contributed by atoms with Crippen LogP contribution in [0.5, 0.6) is 0 Å². The molecule has 1 amide bonds. The van der Waals surface area contributed by atoms with Gasteiger partial charge in [0, 0.05) is 11.6 Å². The maximum Gasteiger partial charge on any atom is 0.251 e. The van der Waals surface area contributed by atoms with Crippen molar-refractivity contribution >= 4 is 16.9 Å². The summed E-state index contributed by atoms with van der Waals surface area (Å²) in [6.07, 6.45) is 6.51. The summed E-state index contributed by atoms with van der Waals surface area (Å²) in [6.45, 7) is 6.42. The summed E-state index contributed by atoms with van der Waals surface area (Å²) in [5.74, 6) is 0.567. The largest absolute Gasteiger partial charge is 0.349 e. The van der Waals surface area contributed by atoms with Gasteiger partial charge in [0.15, 0.2) is 0 Å². The van der Waals surface area contributed by atoms with Crippen molar-refractivity contribution in [1.82, 2.24) is 15.3 Å². The van der Waals surface area contributed by atoms with Gasteiger partial charge < -0.3 is 5.32 Å². The number of rotatable bonds is 4. The molecule has 1 N–H and O–H groups in total. The van der Waals surface area contributed by atoms with Crippen molar-refractivity contribution in [3.63, 3.8) is 0 Å². The number of hydrogen-bond donors (Lipinski definition) is 1. The molecule has 128 valence electrons. The molecule has 0 spiro atoms. The molecule has 0 aliphatic heterocycles. The van der Waals surface area contributed by atoms with E-state index in [0.29, 0.717) is 17.5 Å². The fraction of sp³-hybridized carbons (Fsp3) is 0.550. The van der Waals surface area contributed by atoms with Crippen molar-refractivity contribution in [3.8, 4) is 0 Å². The number of hydrogen-bond acceptors (Lipinski definition) is 3. The van der Waals surface area contributed by atoms with Gasteiger partial charge in [0.05, 0.1) is 22.4 Å². The van der Waals surface area contributed by atoms with E-state index in [-0.39, 0.29) is 5.91 Å². The van der Waals surface area contributed by atoms with Crippen molar-refractivity contribution in [1.29, 1.82) is 0 Å². The first-order valence-electron chi connectivity index (χ1n) is 9.22. The number of nitrogens with one attached hydrogen (secondary N) is 1. The fourth-order valence-electron chi connectivity index (χ4n) is 3.62. The van der Waals surface area contributed by atoms with Crippen molar-refractivity contribution in [2.24, 2.45) is 5.92 Å². The highest BCUT2D eigenvalue weighted by Crippen LogP contribution is 2.24. The van der Waals surface area contributed by atoms with Crippen LogP contribution in [0.25, 0.3) is 11.0 Å². The van der Waals surface area contributed by atoms with Crippen LogP contribution in [-0.2, 0) is 12.8 Å². The molecule has 3 rings (SSSR count). The van der Waals surface area contributed by atoms with E-state index in [1.54, 1.807) is 0 Å². The normalized spacial score (nSPS) is 21.0. The Labute approximate surface area is 144 Å². The fourth-order valence-corrected chi connectivity index (χ4v) is 3.62. The second kappa shape index (κ2) is 7.29. The molecule has 1 aliphatic carbocycles. The van der Waals surface area contributed by atoms with Crippen LogP contribution in [0.2, 0.25) is 0 Å². The molecule has 1 fully saturated rings. The lowest BCUT2D eigenvalue weighted by atomic mass is 9.86. The molecule has 1 aliphatic rings. The molecule has 2 atom stereocenters. The van der Waals surface area contributed by atoms with Gasteiger partial charge in [0.2, 0.25) is 0 Å². The van der Waals surface area contributed by atoms with E-state index in [2.05, 4.69) is 26.1 Å². The number of carbonyl (C=O) groups is 1. The molecular formula is C20H27N3O.